The lowest BCUT2D eigenvalue weighted by Gasteiger charge is -2.04. The van der Waals surface area contributed by atoms with Gasteiger partial charge in [-0.25, -0.2) is 4.79 Å². The standard InChI is InChI=1S/C14H14N2O3S/c1-15-12(17)11-9-6-4-8(19-3)5-7-10(9)20-13(11)16(2)14(15)18/h4-8H,1-3H3. The molecule has 0 aliphatic heterocycles. The zero-order valence-corrected chi connectivity index (χ0v) is 12.2. The van der Waals surface area contributed by atoms with E-state index in [1.54, 1.807) is 14.2 Å². The summed E-state index contributed by atoms with van der Waals surface area (Å²) in [6.07, 6.45) is 7.58. The Morgan fingerprint density at radius 3 is 2.55 bits per heavy atom. The summed E-state index contributed by atoms with van der Waals surface area (Å²) in [6, 6.07) is 0. The van der Waals surface area contributed by atoms with Crippen molar-refractivity contribution in [3.63, 3.8) is 0 Å². The molecule has 1 aliphatic rings. The molecule has 1 aliphatic carbocycles. The number of hydrogen-bond donors (Lipinski definition) is 0. The Kier molecular flexibility index (Phi) is 2.99. The molecule has 2 aromatic rings. The molecule has 104 valence electrons. The highest BCUT2D eigenvalue weighted by Crippen LogP contribution is 2.32. The number of nitrogens with zero attached hydrogens (tertiary/aromatic N) is 2. The van der Waals surface area contributed by atoms with Gasteiger partial charge in [-0.05, 0) is 6.08 Å². The number of aryl methyl sites for hydroxylation is 1. The number of rotatable bonds is 1. The minimum Gasteiger partial charge on any atom is -0.373 e. The van der Waals surface area contributed by atoms with Gasteiger partial charge in [-0.1, -0.05) is 18.2 Å². The normalized spacial score (nSPS) is 17.4. The smallest absolute Gasteiger partial charge is 0.331 e. The molecule has 1 unspecified atom stereocenters. The van der Waals surface area contributed by atoms with Crippen molar-refractivity contribution < 1.29 is 4.74 Å². The predicted molar refractivity (Wildman–Crippen MR) is 81.2 cm³/mol. The molecule has 2 aromatic heterocycles. The topological polar surface area (TPSA) is 53.2 Å². The summed E-state index contributed by atoms with van der Waals surface area (Å²) in [5.74, 6) is 0. The molecule has 0 spiro atoms. The molecule has 0 saturated heterocycles. The van der Waals surface area contributed by atoms with Crippen LogP contribution in [0.25, 0.3) is 22.4 Å². The van der Waals surface area contributed by atoms with E-state index >= 15 is 0 Å². The zero-order valence-electron chi connectivity index (χ0n) is 11.4. The first-order valence-electron chi connectivity index (χ1n) is 6.16. The fraction of sp³-hybridized carbons (Fsp3) is 0.286. The monoisotopic (exact) mass is 290 g/mol. The van der Waals surface area contributed by atoms with Crippen molar-refractivity contribution in [2.45, 2.75) is 6.10 Å². The summed E-state index contributed by atoms with van der Waals surface area (Å²) in [6.45, 7) is 0. The van der Waals surface area contributed by atoms with Gasteiger partial charge in [0, 0.05) is 31.6 Å². The van der Waals surface area contributed by atoms with Crippen LogP contribution in [0.15, 0.2) is 21.7 Å². The van der Waals surface area contributed by atoms with Gasteiger partial charge >= 0.3 is 5.69 Å². The average Bonchev–Trinajstić information content (AvgIpc) is 2.70. The predicted octanol–water partition coefficient (Wildman–Crippen LogP) is 1.35. The van der Waals surface area contributed by atoms with E-state index in [2.05, 4.69) is 0 Å². The number of aromatic nitrogens is 2. The van der Waals surface area contributed by atoms with Gasteiger partial charge < -0.3 is 4.74 Å². The van der Waals surface area contributed by atoms with Crippen molar-refractivity contribution in [2.24, 2.45) is 14.1 Å². The van der Waals surface area contributed by atoms with E-state index in [0.717, 1.165) is 15.0 Å². The molecule has 5 nitrogen and oxygen atoms in total. The lowest BCUT2D eigenvalue weighted by molar-refractivity contribution is 0.179. The Morgan fingerprint density at radius 2 is 1.85 bits per heavy atom. The van der Waals surface area contributed by atoms with Crippen LogP contribution < -0.4 is 11.2 Å². The average molecular weight is 290 g/mol. The number of methoxy groups -OCH3 is 1. The van der Waals surface area contributed by atoms with Gasteiger partial charge in [0.1, 0.15) is 4.83 Å². The molecule has 2 heterocycles. The molecule has 0 saturated carbocycles. The van der Waals surface area contributed by atoms with Crippen LogP contribution in [0, 0.1) is 0 Å². The molecule has 0 aromatic carbocycles. The van der Waals surface area contributed by atoms with E-state index in [9.17, 15) is 9.59 Å². The van der Waals surface area contributed by atoms with E-state index in [0.29, 0.717) is 10.2 Å². The highest BCUT2D eigenvalue weighted by atomic mass is 32.1. The molecular formula is C14H14N2O3S. The number of ether oxygens (including phenoxy) is 1. The minimum absolute atomic E-state index is 0.0963. The van der Waals surface area contributed by atoms with Gasteiger partial charge in [-0.15, -0.1) is 11.3 Å². The zero-order chi connectivity index (χ0) is 14.4. The maximum atomic E-state index is 12.4. The third-order valence-electron chi connectivity index (χ3n) is 3.51. The third kappa shape index (κ3) is 1.72. The van der Waals surface area contributed by atoms with Crippen LogP contribution in [0.5, 0.6) is 0 Å². The van der Waals surface area contributed by atoms with Crippen LogP contribution in [-0.4, -0.2) is 22.3 Å². The molecule has 6 heteroatoms. The van der Waals surface area contributed by atoms with Crippen LogP contribution in [-0.2, 0) is 18.8 Å². The fourth-order valence-corrected chi connectivity index (χ4v) is 3.49. The number of thiophene rings is 1. The van der Waals surface area contributed by atoms with E-state index in [1.165, 1.54) is 23.0 Å². The quantitative estimate of drug-likeness (QED) is 0.796. The molecular weight excluding hydrogens is 276 g/mol. The highest BCUT2D eigenvalue weighted by molar-refractivity contribution is 7.19. The molecule has 0 N–H and O–H groups in total. The summed E-state index contributed by atoms with van der Waals surface area (Å²) >= 11 is 1.45. The van der Waals surface area contributed by atoms with Gasteiger partial charge in [0.15, 0.2) is 0 Å². The van der Waals surface area contributed by atoms with Gasteiger partial charge in [-0.2, -0.15) is 0 Å². The third-order valence-corrected chi connectivity index (χ3v) is 4.76. The molecule has 3 rings (SSSR count). The number of hydrogen-bond acceptors (Lipinski definition) is 4. The number of fused-ring (bicyclic) bond motifs is 3. The van der Waals surface area contributed by atoms with Gasteiger partial charge in [-0.3, -0.25) is 13.9 Å². The highest BCUT2D eigenvalue weighted by Gasteiger charge is 2.18. The molecule has 0 bridgehead atoms. The molecule has 0 fully saturated rings. The Hall–Kier alpha value is -1.92. The lowest BCUT2D eigenvalue weighted by atomic mass is 10.2. The summed E-state index contributed by atoms with van der Waals surface area (Å²) < 4.78 is 7.94. The maximum absolute atomic E-state index is 12.4. The van der Waals surface area contributed by atoms with Gasteiger partial charge in [0.05, 0.1) is 11.5 Å². The molecule has 1 atom stereocenters. The minimum atomic E-state index is -0.304. The van der Waals surface area contributed by atoms with E-state index < -0.39 is 0 Å². The van der Waals surface area contributed by atoms with E-state index in [-0.39, 0.29) is 17.4 Å². The van der Waals surface area contributed by atoms with Crippen molar-refractivity contribution in [1.82, 2.24) is 9.13 Å². The van der Waals surface area contributed by atoms with Crippen LogP contribution in [0.4, 0.5) is 0 Å². The SMILES string of the molecule is COC1C=Cc2sc3c(c2C=C1)c(=O)n(C)c(=O)n3C. The van der Waals surface area contributed by atoms with Crippen LogP contribution in [0.3, 0.4) is 0 Å². The van der Waals surface area contributed by atoms with Gasteiger partial charge in [0.25, 0.3) is 5.56 Å². The van der Waals surface area contributed by atoms with E-state index in [4.69, 9.17) is 4.74 Å². The second-order valence-corrected chi connectivity index (χ2v) is 5.72. The summed E-state index contributed by atoms with van der Waals surface area (Å²) in [5, 5.41) is 0.590. The molecule has 0 radical (unpaired) electrons. The van der Waals surface area contributed by atoms with Crippen molar-refractivity contribution in [2.75, 3.05) is 7.11 Å². The Morgan fingerprint density at radius 1 is 1.15 bits per heavy atom. The van der Waals surface area contributed by atoms with Crippen LogP contribution in [0.1, 0.15) is 10.4 Å². The first-order chi connectivity index (χ1) is 9.54. The van der Waals surface area contributed by atoms with Crippen LogP contribution in [0.2, 0.25) is 0 Å². The van der Waals surface area contributed by atoms with Crippen LogP contribution >= 0.6 is 11.3 Å². The van der Waals surface area contributed by atoms with Crippen molar-refractivity contribution >= 4 is 33.7 Å². The maximum Gasteiger partial charge on any atom is 0.331 e. The van der Waals surface area contributed by atoms with Gasteiger partial charge in [0.2, 0.25) is 0 Å². The Balaban J connectivity index is 2.43. The largest absolute Gasteiger partial charge is 0.373 e. The summed E-state index contributed by atoms with van der Waals surface area (Å²) in [5.41, 5.74) is 0.299. The van der Waals surface area contributed by atoms with Crippen molar-refractivity contribution in [3.05, 3.63) is 43.4 Å². The summed E-state index contributed by atoms with van der Waals surface area (Å²) in [7, 11) is 4.83. The van der Waals surface area contributed by atoms with Crippen molar-refractivity contribution in [3.8, 4) is 0 Å². The second kappa shape index (κ2) is 4.57. The first kappa shape index (κ1) is 13.1. The second-order valence-electron chi connectivity index (χ2n) is 4.68. The lowest BCUT2D eigenvalue weighted by Crippen LogP contribution is -2.36. The summed E-state index contributed by atoms with van der Waals surface area (Å²) in [4.78, 5) is 26.0. The fourth-order valence-electron chi connectivity index (χ4n) is 2.34. The Labute approximate surface area is 119 Å². The molecule has 20 heavy (non-hydrogen) atoms. The van der Waals surface area contributed by atoms with E-state index in [1.807, 2.05) is 24.3 Å². The van der Waals surface area contributed by atoms with Crippen molar-refractivity contribution in [1.29, 1.82) is 0 Å². The Bertz CT molecular complexity index is 867. The first-order valence-corrected chi connectivity index (χ1v) is 6.98. The molecule has 0 amide bonds.